The zero-order chi connectivity index (χ0) is 13.6. The van der Waals surface area contributed by atoms with E-state index in [1.807, 2.05) is 0 Å². The van der Waals surface area contributed by atoms with Crippen LogP contribution in [-0.2, 0) is 14.3 Å². The molecule has 0 aromatic carbocycles. The third-order valence-electron chi connectivity index (χ3n) is 3.23. The lowest BCUT2D eigenvalue weighted by atomic mass is 9.92. The molecule has 104 valence electrons. The van der Waals surface area contributed by atoms with E-state index in [1.165, 1.54) is 0 Å². The first-order valence-corrected chi connectivity index (χ1v) is 6.37. The Bertz CT molecular complexity index is 301. The Morgan fingerprint density at radius 2 is 2.17 bits per heavy atom. The molecule has 1 fully saturated rings. The van der Waals surface area contributed by atoms with Crippen LogP contribution < -0.4 is 5.32 Å². The Morgan fingerprint density at radius 1 is 1.44 bits per heavy atom. The van der Waals surface area contributed by atoms with Gasteiger partial charge in [-0.05, 0) is 39.2 Å². The van der Waals surface area contributed by atoms with Crippen molar-refractivity contribution in [2.75, 3.05) is 13.2 Å². The number of rotatable bonds is 6. The quantitative estimate of drug-likeness (QED) is 0.468. The first kappa shape index (κ1) is 14.9. The predicted octanol–water partition coefficient (Wildman–Crippen LogP) is 0.287. The SMILES string of the molecule is CCOC(=O)[C@](O)(CCC1CCCCN1)C(=O)O. The molecular weight excluding hydrogens is 238 g/mol. The highest BCUT2D eigenvalue weighted by molar-refractivity contribution is 6.02. The number of carbonyl (C=O) groups is 2. The van der Waals surface area contributed by atoms with Gasteiger partial charge in [-0.15, -0.1) is 0 Å². The Morgan fingerprint density at radius 3 is 2.67 bits per heavy atom. The van der Waals surface area contributed by atoms with E-state index in [-0.39, 0.29) is 19.1 Å². The number of aliphatic carboxylic acids is 1. The molecule has 1 unspecified atom stereocenters. The van der Waals surface area contributed by atoms with E-state index in [0.717, 1.165) is 25.8 Å². The zero-order valence-electron chi connectivity index (χ0n) is 10.6. The smallest absolute Gasteiger partial charge is 0.350 e. The molecule has 2 atom stereocenters. The number of carboxylic acid groups (broad SMARTS) is 1. The number of aliphatic hydroxyl groups is 1. The van der Waals surface area contributed by atoms with E-state index < -0.39 is 17.5 Å². The lowest BCUT2D eigenvalue weighted by molar-refractivity contribution is -0.180. The van der Waals surface area contributed by atoms with E-state index in [2.05, 4.69) is 10.1 Å². The molecular formula is C12H21NO5. The van der Waals surface area contributed by atoms with Crippen molar-refractivity contribution in [2.24, 2.45) is 0 Å². The van der Waals surface area contributed by atoms with E-state index >= 15 is 0 Å². The molecule has 18 heavy (non-hydrogen) atoms. The predicted molar refractivity (Wildman–Crippen MR) is 64.1 cm³/mol. The Kier molecular flexibility index (Phi) is 5.55. The van der Waals surface area contributed by atoms with Crippen LogP contribution in [0.1, 0.15) is 39.0 Å². The highest BCUT2D eigenvalue weighted by atomic mass is 16.6. The van der Waals surface area contributed by atoms with Crippen molar-refractivity contribution in [1.29, 1.82) is 0 Å². The summed E-state index contributed by atoms with van der Waals surface area (Å²) in [6.45, 7) is 2.52. The third-order valence-corrected chi connectivity index (χ3v) is 3.23. The topological polar surface area (TPSA) is 95.9 Å². The average molecular weight is 259 g/mol. The van der Waals surface area contributed by atoms with Crippen molar-refractivity contribution in [3.8, 4) is 0 Å². The molecule has 0 aromatic heterocycles. The summed E-state index contributed by atoms with van der Waals surface area (Å²) < 4.78 is 4.62. The molecule has 1 saturated heterocycles. The van der Waals surface area contributed by atoms with Crippen molar-refractivity contribution in [3.63, 3.8) is 0 Å². The summed E-state index contributed by atoms with van der Waals surface area (Å²) in [5.74, 6) is -2.62. The maximum atomic E-state index is 11.5. The normalized spacial score (nSPS) is 23.1. The number of piperidine rings is 1. The van der Waals surface area contributed by atoms with Gasteiger partial charge in [0.1, 0.15) is 0 Å². The molecule has 6 nitrogen and oxygen atoms in total. The van der Waals surface area contributed by atoms with Gasteiger partial charge in [0.15, 0.2) is 0 Å². The molecule has 0 bridgehead atoms. The summed E-state index contributed by atoms with van der Waals surface area (Å²) in [6, 6.07) is 0.166. The summed E-state index contributed by atoms with van der Waals surface area (Å²) in [5.41, 5.74) is -2.42. The van der Waals surface area contributed by atoms with Crippen molar-refractivity contribution in [3.05, 3.63) is 0 Å². The molecule has 0 aromatic rings. The number of hydrogen-bond donors (Lipinski definition) is 3. The fraction of sp³-hybridized carbons (Fsp3) is 0.833. The molecule has 1 heterocycles. The summed E-state index contributed by atoms with van der Waals surface area (Å²) in [6.07, 6.45) is 3.46. The van der Waals surface area contributed by atoms with Crippen molar-refractivity contribution in [2.45, 2.75) is 50.7 Å². The molecule has 1 aliphatic rings. The van der Waals surface area contributed by atoms with Crippen LogP contribution in [0.4, 0.5) is 0 Å². The summed E-state index contributed by atoms with van der Waals surface area (Å²) in [7, 11) is 0. The average Bonchev–Trinajstić information content (AvgIpc) is 2.37. The number of ether oxygens (including phenoxy) is 1. The van der Waals surface area contributed by atoms with E-state index in [0.29, 0.717) is 6.42 Å². The van der Waals surface area contributed by atoms with Gasteiger partial charge in [0.05, 0.1) is 6.61 Å². The lowest BCUT2D eigenvalue weighted by Crippen LogP contribution is -2.49. The molecule has 1 rings (SSSR count). The maximum absolute atomic E-state index is 11.5. The number of hydrogen-bond acceptors (Lipinski definition) is 5. The second kappa shape index (κ2) is 6.70. The van der Waals surface area contributed by atoms with Crippen molar-refractivity contribution < 1.29 is 24.5 Å². The largest absolute Gasteiger partial charge is 0.479 e. The van der Waals surface area contributed by atoms with Gasteiger partial charge in [-0.2, -0.15) is 0 Å². The molecule has 0 amide bonds. The number of nitrogens with one attached hydrogen (secondary N) is 1. The van der Waals surface area contributed by atoms with Gasteiger partial charge < -0.3 is 20.3 Å². The van der Waals surface area contributed by atoms with Crippen LogP contribution >= 0.6 is 0 Å². The van der Waals surface area contributed by atoms with Crippen LogP contribution in [0.15, 0.2) is 0 Å². The zero-order valence-corrected chi connectivity index (χ0v) is 10.6. The molecule has 1 aliphatic heterocycles. The first-order chi connectivity index (χ1) is 8.50. The minimum Gasteiger partial charge on any atom is -0.479 e. The number of carbonyl (C=O) groups excluding carboxylic acids is 1. The van der Waals surface area contributed by atoms with E-state index in [4.69, 9.17) is 5.11 Å². The highest BCUT2D eigenvalue weighted by Gasteiger charge is 2.45. The molecule has 6 heteroatoms. The lowest BCUT2D eigenvalue weighted by Gasteiger charge is -2.27. The second-order valence-corrected chi connectivity index (χ2v) is 4.57. The van der Waals surface area contributed by atoms with Gasteiger partial charge in [-0.1, -0.05) is 6.42 Å². The van der Waals surface area contributed by atoms with Crippen LogP contribution in [0, 0.1) is 0 Å². The number of esters is 1. The Hall–Kier alpha value is -1.14. The van der Waals surface area contributed by atoms with Crippen LogP contribution in [-0.4, -0.2) is 46.9 Å². The van der Waals surface area contributed by atoms with Gasteiger partial charge in [-0.25, -0.2) is 9.59 Å². The monoisotopic (exact) mass is 259 g/mol. The van der Waals surface area contributed by atoms with Crippen LogP contribution in [0.3, 0.4) is 0 Å². The van der Waals surface area contributed by atoms with Gasteiger partial charge in [0.2, 0.25) is 0 Å². The first-order valence-electron chi connectivity index (χ1n) is 6.37. The van der Waals surface area contributed by atoms with E-state index in [1.54, 1.807) is 6.92 Å². The Balaban J connectivity index is 2.56. The molecule has 0 spiro atoms. The van der Waals surface area contributed by atoms with Gasteiger partial charge in [0, 0.05) is 6.04 Å². The summed E-state index contributed by atoms with van der Waals surface area (Å²) in [4.78, 5) is 22.5. The molecule has 0 radical (unpaired) electrons. The number of carboxylic acids is 1. The van der Waals surface area contributed by atoms with Crippen molar-refractivity contribution >= 4 is 11.9 Å². The van der Waals surface area contributed by atoms with Gasteiger partial charge in [-0.3, -0.25) is 0 Å². The highest BCUT2D eigenvalue weighted by Crippen LogP contribution is 2.20. The van der Waals surface area contributed by atoms with Crippen LogP contribution in [0.5, 0.6) is 0 Å². The Labute approximate surface area is 106 Å². The van der Waals surface area contributed by atoms with Gasteiger partial charge >= 0.3 is 11.9 Å². The third kappa shape index (κ3) is 3.68. The fourth-order valence-electron chi connectivity index (χ4n) is 2.10. The standard InChI is InChI=1S/C12H21NO5/c1-2-18-11(16)12(17,10(14)15)7-6-9-5-3-4-8-13-9/h9,13,17H,2-8H2,1H3,(H,14,15)/t9?,12-/m0/s1. The second-order valence-electron chi connectivity index (χ2n) is 4.57. The molecule has 0 saturated carbocycles. The minimum atomic E-state index is -2.42. The summed E-state index contributed by atoms with van der Waals surface area (Å²) >= 11 is 0. The molecule has 0 aliphatic carbocycles. The van der Waals surface area contributed by atoms with Crippen LogP contribution in [0.25, 0.3) is 0 Å². The summed E-state index contributed by atoms with van der Waals surface area (Å²) in [5, 5.41) is 22.2. The van der Waals surface area contributed by atoms with Crippen LogP contribution in [0.2, 0.25) is 0 Å². The van der Waals surface area contributed by atoms with Crippen molar-refractivity contribution in [1.82, 2.24) is 5.32 Å². The maximum Gasteiger partial charge on any atom is 0.350 e. The molecule has 3 N–H and O–H groups in total. The minimum absolute atomic E-state index is 0.0517. The van der Waals surface area contributed by atoms with Gasteiger partial charge in [0.25, 0.3) is 5.60 Å². The fourth-order valence-corrected chi connectivity index (χ4v) is 2.10. The van der Waals surface area contributed by atoms with E-state index in [9.17, 15) is 14.7 Å².